The molecular weight excluding hydrogens is 302 g/mol. The highest BCUT2D eigenvalue weighted by atomic mass is 32.2. The van der Waals surface area contributed by atoms with Crippen LogP contribution in [0.3, 0.4) is 0 Å². The lowest BCUT2D eigenvalue weighted by Crippen LogP contribution is -2.46. The van der Waals surface area contributed by atoms with Crippen molar-refractivity contribution in [1.29, 1.82) is 0 Å². The first-order valence-electron chi connectivity index (χ1n) is 7.61. The zero-order valence-electron chi connectivity index (χ0n) is 12.9. The number of fused-ring (bicyclic) bond motifs is 1. The molecule has 2 amide bonds. The van der Waals surface area contributed by atoms with Crippen LogP contribution in [0.15, 0.2) is 0 Å². The van der Waals surface area contributed by atoms with Crippen LogP contribution in [0.25, 0.3) is 0 Å². The van der Waals surface area contributed by atoms with Crippen LogP contribution in [0.2, 0.25) is 0 Å². The molecule has 1 atom stereocenters. The number of carbonyl (C=O) groups excluding carboxylic acids is 2. The largest absolute Gasteiger partial charge is 0.350 e. The van der Waals surface area contributed by atoms with Gasteiger partial charge in [0, 0.05) is 24.9 Å². The molecule has 120 valence electrons. The minimum Gasteiger partial charge on any atom is -0.350 e. The van der Waals surface area contributed by atoms with E-state index in [1.165, 1.54) is 0 Å². The van der Waals surface area contributed by atoms with Crippen molar-refractivity contribution < 1.29 is 9.59 Å². The molecule has 0 saturated carbocycles. The number of carbonyl (C=O) groups is 2. The molecule has 22 heavy (non-hydrogen) atoms. The molecule has 3 rings (SSSR count). The highest BCUT2D eigenvalue weighted by molar-refractivity contribution is 8.00. The van der Waals surface area contributed by atoms with Crippen molar-refractivity contribution in [2.75, 3.05) is 18.2 Å². The number of aryl methyl sites for hydroxylation is 1. The van der Waals surface area contributed by atoms with Gasteiger partial charge in [-0.2, -0.15) is 0 Å². The van der Waals surface area contributed by atoms with Gasteiger partial charge in [-0.1, -0.05) is 13.8 Å². The number of nitrogens with zero attached hydrogens (tertiary/aromatic N) is 4. The summed E-state index contributed by atoms with van der Waals surface area (Å²) in [5.41, 5.74) is 0. The van der Waals surface area contributed by atoms with Gasteiger partial charge in [0.25, 0.3) is 0 Å². The number of aromatic nitrogens is 3. The molecule has 8 heteroatoms. The molecule has 3 heterocycles. The number of rotatable bonds is 4. The van der Waals surface area contributed by atoms with Gasteiger partial charge in [0.2, 0.25) is 11.8 Å². The molecule has 0 aromatic carbocycles. The zero-order valence-corrected chi connectivity index (χ0v) is 13.7. The average molecular weight is 323 g/mol. The van der Waals surface area contributed by atoms with Crippen molar-refractivity contribution in [2.24, 2.45) is 0 Å². The standard InChI is InChI=1S/C14H21N5O2S/c1-9(2)14-17-16-11-4-3-10(5-19(11)14)15-12(20)6-18-8-22-7-13(18)21/h9-10H,3-8H2,1-2H3,(H,15,20)/t10-/m0/s1. The SMILES string of the molecule is CC(C)c1nnc2n1C[C@@H](NC(=O)CN1CSCC1=O)CC2. The number of thioether (sulfide) groups is 1. The van der Waals surface area contributed by atoms with Crippen LogP contribution < -0.4 is 5.32 Å². The van der Waals surface area contributed by atoms with Gasteiger partial charge >= 0.3 is 0 Å². The van der Waals surface area contributed by atoms with Gasteiger partial charge in [-0.05, 0) is 6.42 Å². The third-order valence-electron chi connectivity index (χ3n) is 4.02. The maximum atomic E-state index is 12.1. The van der Waals surface area contributed by atoms with Crippen molar-refractivity contribution in [2.45, 2.75) is 45.2 Å². The van der Waals surface area contributed by atoms with Crippen molar-refractivity contribution in [1.82, 2.24) is 25.0 Å². The minimum atomic E-state index is -0.0801. The second kappa shape index (κ2) is 6.28. The third-order valence-corrected chi connectivity index (χ3v) is 4.96. The summed E-state index contributed by atoms with van der Waals surface area (Å²) in [5, 5.41) is 11.5. The first kappa shape index (κ1) is 15.3. The van der Waals surface area contributed by atoms with E-state index in [0.717, 1.165) is 24.5 Å². The minimum absolute atomic E-state index is 0.0481. The van der Waals surface area contributed by atoms with E-state index in [4.69, 9.17) is 0 Å². The smallest absolute Gasteiger partial charge is 0.239 e. The van der Waals surface area contributed by atoms with E-state index in [-0.39, 0.29) is 24.4 Å². The van der Waals surface area contributed by atoms with Crippen molar-refractivity contribution in [3.05, 3.63) is 11.6 Å². The molecule has 0 radical (unpaired) electrons. The Morgan fingerprint density at radius 1 is 1.45 bits per heavy atom. The Hall–Kier alpha value is -1.57. The molecule has 0 unspecified atom stereocenters. The van der Waals surface area contributed by atoms with E-state index in [9.17, 15) is 9.59 Å². The summed E-state index contributed by atoms with van der Waals surface area (Å²) < 4.78 is 2.12. The monoisotopic (exact) mass is 323 g/mol. The Labute approximate surface area is 133 Å². The Morgan fingerprint density at radius 3 is 2.95 bits per heavy atom. The highest BCUT2D eigenvalue weighted by Crippen LogP contribution is 2.20. The van der Waals surface area contributed by atoms with Crippen LogP contribution in [-0.2, 0) is 22.6 Å². The molecule has 2 aliphatic heterocycles. The highest BCUT2D eigenvalue weighted by Gasteiger charge is 2.27. The summed E-state index contributed by atoms with van der Waals surface area (Å²) in [6.45, 7) is 5.06. The van der Waals surface area contributed by atoms with Crippen LogP contribution in [0.4, 0.5) is 0 Å². The van der Waals surface area contributed by atoms with E-state index in [1.807, 2.05) is 0 Å². The van der Waals surface area contributed by atoms with Gasteiger partial charge < -0.3 is 14.8 Å². The summed E-state index contributed by atoms with van der Waals surface area (Å²) in [4.78, 5) is 25.3. The normalized spacial score (nSPS) is 21.3. The van der Waals surface area contributed by atoms with E-state index in [0.29, 0.717) is 24.1 Å². The summed E-state index contributed by atoms with van der Waals surface area (Å²) >= 11 is 1.55. The summed E-state index contributed by atoms with van der Waals surface area (Å²) in [5.74, 6) is 3.36. The third kappa shape index (κ3) is 3.11. The van der Waals surface area contributed by atoms with Gasteiger partial charge in [0.05, 0.1) is 11.6 Å². The molecule has 1 aromatic rings. The number of nitrogens with one attached hydrogen (secondary N) is 1. The molecular formula is C14H21N5O2S. The predicted octanol–water partition coefficient (Wildman–Crippen LogP) is 0.365. The first-order chi connectivity index (χ1) is 10.5. The van der Waals surface area contributed by atoms with Crippen LogP contribution >= 0.6 is 11.8 Å². The maximum absolute atomic E-state index is 12.1. The summed E-state index contributed by atoms with van der Waals surface area (Å²) in [6, 6.07) is 0.0823. The fraction of sp³-hybridized carbons (Fsp3) is 0.714. The predicted molar refractivity (Wildman–Crippen MR) is 83.4 cm³/mol. The van der Waals surface area contributed by atoms with Crippen LogP contribution in [-0.4, -0.2) is 55.7 Å². The fourth-order valence-corrected chi connectivity index (χ4v) is 3.78. The first-order valence-corrected chi connectivity index (χ1v) is 8.77. The van der Waals surface area contributed by atoms with Gasteiger partial charge in [0.15, 0.2) is 0 Å². The van der Waals surface area contributed by atoms with Crippen molar-refractivity contribution in [3.63, 3.8) is 0 Å². The molecule has 0 aliphatic carbocycles. The van der Waals surface area contributed by atoms with Crippen LogP contribution in [0.1, 0.15) is 37.8 Å². The molecule has 1 N–H and O–H groups in total. The maximum Gasteiger partial charge on any atom is 0.239 e. The van der Waals surface area contributed by atoms with Crippen molar-refractivity contribution >= 4 is 23.6 Å². The molecule has 1 saturated heterocycles. The lowest BCUT2D eigenvalue weighted by Gasteiger charge is -2.26. The second-order valence-electron chi connectivity index (χ2n) is 6.11. The quantitative estimate of drug-likeness (QED) is 0.866. The molecule has 1 fully saturated rings. The zero-order chi connectivity index (χ0) is 15.7. The van der Waals surface area contributed by atoms with Gasteiger partial charge in [-0.15, -0.1) is 22.0 Å². The van der Waals surface area contributed by atoms with E-state index >= 15 is 0 Å². The topological polar surface area (TPSA) is 80.1 Å². The molecule has 1 aromatic heterocycles. The molecule has 0 bridgehead atoms. The molecule has 2 aliphatic rings. The van der Waals surface area contributed by atoms with E-state index in [1.54, 1.807) is 16.7 Å². The lowest BCUT2D eigenvalue weighted by atomic mass is 10.1. The molecule has 0 spiro atoms. The second-order valence-corrected chi connectivity index (χ2v) is 7.07. The Balaban J connectivity index is 1.59. The van der Waals surface area contributed by atoms with E-state index < -0.39 is 0 Å². The fourth-order valence-electron chi connectivity index (χ4n) is 2.88. The Bertz CT molecular complexity index is 586. The van der Waals surface area contributed by atoms with Gasteiger partial charge in [-0.3, -0.25) is 9.59 Å². The van der Waals surface area contributed by atoms with Gasteiger partial charge in [-0.25, -0.2) is 0 Å². The van der Waals surface area contributed by atoms with Crippen molar-refractivity contribution in [3.8, 4) is 0 Å². The average Bonchev–Trinajstić information content (AvgIpc) is 3.05. The number of hydrogen-bond acceptors (Lipinski definition) is 5. The number of hydrogen-bond donors (Lipinski definition) is 1. The number of amides is 2. The van der Waals surface area contributed by atoms with Crippen LogP contribution in [0, 0.1) is 0 Å². The lowest BCUT2D eigenvalue weighted by molar-refractivity contribution is -0.132. The van der Waals surface area contributed by atoms with E-state index in [2.05, 4.69) is 33.9 Å². The Kier molecular flexibility index (Phi) is 4.37. The van der Waals surface area contributed by atoms with Crippen LogP contribution in [0.5, 0.6) is 0 Å². The summed E-state index contributed by atoms with van der Waals surface area (Å²) in [7, 11) is 0. The van der Waals surface area contributed by atoms with Gasteiger partial charge in [0.1, 0.15) is 18.2 Å². The molecule has 7 nitrogen and oxygen atoms in total. The summed E-state index contributed by atoms with van der Waals surface area (Å²) in [6.07, 6.45) is 1.69. The Morgan fingerprint density at radius 2 is 2.27 bits per heavy atom.